The van der Waals surface area contributed by atoms with Crippen molar-refractivity contribution in [3.05, 3.63) is 66.0 Å². The van der Waals surface area contributed by atoms with Gasteiger partial charge in [0.05, 0.1) is 18.3 Å². The molecule has 0 radical (unpaired) electrons. The highest BCUT2D eigenvalue weighted by Gasteiger charge is 2.31. The van der Waals surface area contributed by atoms with Crippen LogP contribution in [-0.4, -0.2) is 37.1 Å². The third-order valence-electron chi connectivity index (χ3n) is 4.50. The number of carboxylic acid groups (broad SMARTS) is 1. The fourth-order valence-corrected chi connectivity index (χ4v) is 3.23. The molecule has 0 saturated carbocycles. The molecule has 3 aromatic rings. The van der Waals surface area contributed by atoms with E-state index in [1.54, 1.807) is 18.6 Å². The molecule has 7 nitrogen and oxygen atoms in total. The van der Waals surface area contributed by atoms with E-state index in [0.717, 1.165) is 17.0 Å². The molecule has 1 N–H and O–H groups in total. The van der Waals surface area contributed by atoms with Gasteiger partial charge in [-0.25, -0.2) is 9.97 Å². The molecule has 0 aliphatic carbocycles. The summed E-state index contributed by atoms with van der Waals surface area (Å²) < 4.78 is 1.85. The van der Waals surface area contributed by atoms with E-state index in [1.807, 2.05) is 46.9 Å². The van der Waals surface area contributed by atoms with Crippen molar-refractivity contribution in [2.45, 2.75) is 19.4 Å². The predicted molar refractivity (Wildman–Crippen MR) is 91.8 cm³/mol. The molecule has 0 amide bonds. The van der Waals surface area contributed by atoms with Crippen molar-refractivity contribution >= 4 is 11.8 Å². The van der Waals surface area contributed by atoms with Crippen LogP contribution in [0.15, 0.2) is 49.1 Å². The first-order valence-corrected chi connectivity index (χ1v) is 8.01. The number of aryl methyl sites for hydroxylation is 1. The average molecular weight is 335 g/mol. The number of rotatable bonds is 3. The molecule has 3 heterocycles. The molecule has 1 aromatic carbocycles. The maximum Gasteiger partial charge on any atom is 0.312 e. The van der Waals surface area contributed by atoms with Crippen LogP contribution in [0.2, 0.25) is 0 Å². The minimum atomic E-state index is -0.827. The summed E-state index contributed by atoms with van der Waals surface area (Å²) in [6.07, 6.45) is 6.88. The number of hydrogen-bond acceptors (Lipinski definition) is 5. The summed E-state index contributed by atoms with van der Waals surface area (Å²) in [5.74, 6) is 0.737. The number of imidazole rings is 1. The summed E-state index contributed by atoms with van der Waals surface area (Å²) in [7, 11) is 0. The topological polar surface area (TPSA) is 84.1 Å². The van der Waals surface area contributed by atoms with E-state index in [9.17, 15) is 9.90 Å². The predicted octanol–water partition coefficient (Wildman–Crippen LogP) is 2.16. The zero-order chi connectivity index (χ0) is 17.4. The molecule has 0 saturated heterocycles. The second-order valence-corrected chi connectivity index (χ2v) is 6.05. The Balaban J connectivity index is 1.71. The Morgan fingerprint density at radius 2 is 2.04 bits per heavy atom. The molecule has 126 valence electrons. The van der Waals surface area contributed by atoms with Gasteiger partial charge >= 0.3 is 5.97 Å². The zero-order valence-corrected chi connectivity index (χ0v) is 13.7. The lowest BCUT2D eigenvalue weighted by atomic mass is 9.90. The zero-order valence-electron chi connectivity index (χ0n) is 13.7. The number of nitrogens with zero attached hydrogens (tertiary/aromatic N) is 5. The van der Waals surface area contributed by atoms with Gasteiger partial charge < -0.3 is 10.0 Å². The highest BCUT2D eigenvalue weighted by molar-refractivity contribution is 5.78. The molecule has 1 unspecified atom stereocenters. The molecule has 0 bridgehead atoms. The number of fused-ring (bicyclic) bond motifs is 1. The van der Waals surface area contributed by atoms with Crippen molar-refractivity contribution in [1.29, 1.82) is 0 Å². The van der Waals surface area contributed by atoms with Crippen molar-refractivity contribution < 1.29 is 9.90 Å². The van der Waals surface area contributed by atoms with Crippen molar-refractivity contribution in [1.82, 2.24) is 19.5 Å². The summed E-state index contributed by atoms with van der Waals surface area (Å²) >= 11 is 0. The minimum Gasteiger partial charge on any atom is -0.481 e. The number of hydrogen-bond donors (Lipinski definition) is 1. The molecule has 1 atom stereocenters. The lowest BCUT2D eigenvalue weighted by molar-refractivity contribution is -0.138. The fraction of sp³-hybridized carbons (Fsp3) is 0.222. The maximum absolute atomic E-state index is 11.7. The van der Waals surface area contributed by atoms with Crippen molar-refractivity contribution in [2.24, 2.45) is 0 Å². The van der Waals surface area contributed by atoms with Gasteiger partial charge in [-0.15, -0.1) is 0 Å². The Kier molecular flexibility index (Phi) is 3.68. The maximum atomic E-state index is 11.7. The van der Waals surface area contributed by atoms with Crippen LogP contribution in [0.4, 0.5) is 5.82 Å². The van der Waals surface area contributed by atoms with E-state index >= 15 is 0 Å². The third-order valence-corrected chi connectivity index (χ3v) is 4.50. The van der Waals surface area contributed by atoms with Gasteiger partial charge in [0.2, 0.25) is 0 Å². The number of benzene rings is 1. The summed E-state index contributed by atoms with van der Waals surface area (Å²) in [6, 6.07) is 7.67. The van der Waals surface area contributed by atoms with Gasteiger partial charge in [0.15, 0.2) is 5.82 Å². The Hall–Kier alpha value is -3.22. The number of aromatic nitrogens is 4. The molecule has 0 fully saturated rings. The standard InChI is InChI=1S/C18H17N5O2/c1-12-20-6-7-23(12)17-9-19-8-16(21-17)22-10-13-4-2-3-5-14(13)15(11-22)18(24)25/h2-9,15H,10-11H2,1H3,(H,24,25). The van der Waals surface area contributed by atoms with Crippen LogP contribution >= 0.6 is 0 Å². The van der Waals surface area contributed by atoms with E-state index in [2.05, 4.69) is 15.0 Å². The Morgan fingerprint density at radius 1 is 1.24 bits per heavy atom. The van der Waals surface area contributed by atoms with Gasteiger partial charge in [-0.3, -0.25) is 14.3 Å². The highest BCUT2D eigenvalue weighted by atomic mass is 16.4. The van der Waals surface area contributed by atoms with Crippen LogP contribution in [0.1, 0.15) is 22.9 Å². The molecule has 0 spiro atoms. The van der Waals surface area contributed by atoms with E-state index in [1.165, 1.54) is 0 Å². The van der Waals surface area contributed by atoms with Crippen LogP contribution < -0.4 is 4.90 Å². The molecule has 7 heteroatoms. The van der Waals surface area contributed by atoms with E-state index in [-0.39, 0.29) is 0 Å². The van der Waals surface area contributed by atoms with Crippen molar-refractivity contribution in [3.63, 3.8) is 0 Å². The van der Waals surface area contributed by atoms with Gasteiger partial charge in [0, 0.05) is 25.5 Å². The molecular formula is C18H17N5O2. The molecule has 1 aliphatic rings. The van der Waals surface area contributed by atoms with Gasteiger partial charge in [0.25, 0.3) is 0 Å². The van der Waals surface area contributed by atoms with E-state index in [0.29, 0.717) is 24.7 Å². The van der Waals surface area contributed by atoms with Crippen LogP contribution in [0.25, 0.3) is 5.82 Å². The lowest BCUT2D eigenvalue weighted by Crippen LogP contribution is -2.37. The quantitative estimate of drug-likeness (QED) is 0.789. The Bertz CT molecular complexity index is 936. The number of anilines is 1. The Labute approximate surface area is 144 Å². The average Bonchev–Trinajstić information content (AvgIpc) is 3.06. The summed E-state index contributed by atoms with van der Waals surface area (Å²) in [5, 5.41) is 9.62. The number of carbonyl (C=O) groups is 1. The lowest BCUT2D eigenvalue weighted by Gasteiger charge is -2.33. The van der Waals surface area contributed by atoms with Crippen LogP contribution in [0.5, 0.6) is 0 Å². The Morgan fingerprint density at radius 3 is 2.80 bits per heavy atom. The first kappa shape index (κ1) is 15.3. The second kappa shape index (κ2) is 6.01. The minimum absolute atomic E-state index is 0.368. The van der Waals surface area contributed by atoms with Gasteiger partial charge in [-0.1, -0.05) is 24.3 Å². The number of aliphatic carboxylic acids is 1. The molecule has 4 rings (SSSR count). The van der Waals surface area contributed by atoms with Gasteiger partial charge in [0.1, 0.15) is 11.6 Å². The monoisotopic (exact) mass is 335 g/mol. The largest absolute Gasteiger partial charge is 0.481 e. The molecule has 25 heavy (non-hydrogen) atoms. The molecular weight excluding hydrogens is 318 g/mol. The van der Waals surface area contributed by atoms with Crippen LogP contribution in [0.3, 0.4) is 0 Å². The second-order valence-electron chi connectivity index (χ2n) is 6.05. The smallest absolute Gasteiger partial charge is 0.312 e. The van der Waals surface area contributed by atoms with E-state index < -0.39 is 11.9 Å². The third kappa shape index (κ3) is 2.73. The summed E-state index contributed by atoms with van der Waals surface area (Å²) in [6.45, 7) is 2.88. The van der Waals surface area contributed by atoms with Crippen molar-refractivity contribution in [3.8, 4) is 5.82 Å². The first-order valence-electron chi connectivity index (χ1n) is 8.01. The van der Waals surface area contributed by atoms with Gasteiger partial charge in [-0.05, 0) is 18.1 Å². The van der Waals surface area contributed by atoms with Gasteiger partial charge in [-0.2, -0.15) is 0 Å². The first-order chi connectivity index (χ1) is 12.1. The molecule has 1 aliphatic heterocycles. The van der Waals surface area contributed by atoms with E-state index in [4.69, 9.17) is 0 Å². The van der Waals surface area contributed by atoms with Crippen LogP contribution in [0, 0.1) is 6.92 Å². The SMILES string of the molecule is Cc1nccn1-c1cncc(N2Cc3ccccc3C(C(=O)O)C2)n1. The normalized spacial score (nSPS) is 16.5. The highest BCUT2D eigenvalue weighted by Crippen LogP contribution is 2.31. The fourth-order valence-electron chi connectivity index (χ4n) is 3.23. The summed E-state index contributed by atoms with van der Waals surface area (Å²) in [5.41, 5.74) is 1.88. The number of carboxylic acids is 1. The molecule has 2 aromatic heterocycles. The van der Waals surface area contributed by atoms with Crippen LogP contribution in [-0.2, 0) is 11.3 Å². The van der Waals surface area contributed by atoms with Crippen molar-refractivity contribution in [2.75, 3.05) is 11.4 Å². The summed E-state index contributed by atoms with van der Waals surface area (Å²) in [4.78, 5) is 26.8.